The first-order valence-electron chi connectivity index (χ1n) is 10.0. The van der Waals surface area contributed by atoms with Crippen LogP contribution >= 0.6 is 0 Å². The van der Waals surface area contributed by atoms with Crippen LogP contribution in [0.5, 0.6) is 0 Å². The predicted octanol–water partition coefficient (Wildman–Crippen LogP) is 2.24. The molecule has 1 unspecified atom stereocenters. The fraction of sp³-hybridized carbons (Fsp3) is 0.524. The Morgan fingerprint density at radius 1 is 1.07 bits per heavy atom. The summed E-state index contributed by atoms with van der Waals surface area (Å²) in [6.45, 7) is 0. The molecule has 3 rings (SSSR count). The summed E-state index contributed by atoms with van der Waals surface area (Å²) in [7, 11) is 3.15. The van der Waals surface area contributed by atoms with Crippen molar-refractivity contribution in [3.05, 3.63) is 34.2 Å². The minimum Gasteiger partial charge on any atom is -0.481 e. The molecular formula is C21H27N3O5. The van der Waals surface area contributed by atoms with Crippen LogP contribution in [0.3, 0.4) is 0 Å². The van der Waals surface area contributed by atoms with E-state index in [1.165, 1.54) is 11.6 Å². The van der Waals surface area contributed by atoms with Gasteiger partial charge in [0.25, 0.3) is 5.91 Å². The summed E-state index contributed by atoms with van der Waals surface area (Å²) in [5.41, 5.74) is 2.31. The summed E-state index contributed by atoms with van der Waals surface area (Å²) in [6, 6.07) is 5.17. The summed E-state index contributed by atoms with van der Waals surface area (Å²) in [6.07, 6.45) is 5.13. The third-order valence-corrected chi connectivity index (χ3v) is 5.69. The summed E-state index contributed by atoms with van der Waals surface area (Å²) in [5.74, 6) is -1.32. The molecule has 1 aliphatic heterocycles. The van der Waals surface area contributed by atoms with E-state index in [2.05, 4.69) is 0 Å². The molecule has 1 aliphatic rings. The van der Waals surface area contributed by atoms with E-state index in [-0.39, 0.29) is 30.3 Å². The van der Waals surface area contributed by atoms with Crippen molar-refractivity contribution in [1.29, 1.82) is 0 Å². The van der Waals surface area contributed by atoms with Gasteiger partial charge in [0, 0.05) is 26.9 Å². The molecule has 0 spiro atoms. The fourth-order valence-electron chi connectivity index (χ4n) is 3.96. The SMILES string of the molecule is CN1C(=O)CCC(n2c(=O)n(C)c3cc(CCCCCCC(=O)O)ccc32)C1=O. The fourth-order valence-corrected chi connectivity index (χ4v) is 3.96. The zero-order valence-corrected chi connectivity index (χ0v) is 16.9. The topological polar surface area (TPSA) is 102 Å². The van der Waals surface area contributed by atoms with Gasteiger partial charge in [-0.3, -0.25) is 28.4 Å². The number of piperidine rings is 1. The molecule has 1 atom stereocenters. The van der Waals surface area contributed by atoms with Gasteiger partial charge in [-0.2, -0.15) is 0 Å². The first-order valence-corrected chi connectivity index (χ1v) is 10.0. The lowest BCUT2D eigenvalue weighted by atomic mass is 10.0. The molecule has 156 valence electrons. The van der Waals surface area contributed by atoms with Gasteiger partial charge in [0.05, 0.1) is 11.0 Å². The number of likely N-dealkylation sites (N-methyl/N-ethyl adjacent to an activating group) is 1. The second kappa shape index (κ2) is 8.63. The third kappa shape index (κ3) is 4.26. The minimum absolute atomic E-state index is 0.211. The highest BCUT2D eigenvalue weighted by Crippen LogP contribution is 2.26. The highest BCUT2D eigenvalue weighted by molar-refractivity contribution is 5.99. The number of imidazole rings is 1. The van der Waals surface area contributed by atoms with E-state index in [0.717, 1.165) is 41.7 Å². The molecule has 2 amide bonds. The van der Waals surface area contributed by atoms with Crippen molar-refractivity contribution in [2.24, 2.45) is 7.05 Å². The number of carboxylic acids is 1. The molecule has 1 aromatic heterocycles. The number of rotatable bonds is 8. The van der Waals surface area contributed by atoms with E-state index in [0.29, 0.717) is 18.4 Å². The van der Waals surface area contributed by atoms with Crippen molar-refractivity contribution in [2.75, 3.05) is 7.05 Å². The number of unbranched alkanes of at least 4 members (excludes halogenated alkanes) is 3. The van der Waals surface area contributed by atoms with Crippen LogP contribution in [0.4, 0.5) is 0 Å². The average molecular weight is 401 g/mol. The maximum Gasteiger partial charge on any atom is 0.329 e. The highest BCUT2D eigenvalue weighted by Gasteiger charge is 2.35. The lowest BCUT2D eigenvalue weighted by Gasteiger charge is -2.28. The smallest absolute Gasteiger partial charge is 0.329 e. The number of carbonyl (C=O) groups excluding carboxylic acids is 2. The number of amides is 2. The lowest BCUT2D eigenvalue weighted by Crippen LogP contribution is -2.45. The van der Waals surface area contributed by atoms with Crippen LogP contribution in [-0.2, 0) is 27.9 Å². The highest BCUT2D eigenvalue weighted by atomic mass is 16.4. The molecule has 1 N–H and O–H groups in total. The van der Waals surface area contributed by atoms with E-state index >= 15 is 0 Å². The van der Waals surface area contributed by atoms with Crippen molar-refractivity contribution in [2.45, 2.75) is 57.4 Å². The van der Waals surface area contributed by atoms with Crippen LogP contribution in [0.1, 0.15) is 56.6 Å². The van der Waals surface area contributed by atoms with Gasteiger partial charge in [-0.25, -0.2) is 4.79 Å². The van der Waals surface area contributed by atoms with Crippen LogP contribution in [0.15, 0.2) is 23.0 Å². The number of benzene rings is 1. The molecule has 0 bridgehead atoms. The summed E-state index contributed by atoms with van der Waals surface area (Å²) in [4.78, 5) is 48.8. The first-order chi connectivity index (χ1) is 13.8. The lowest BCUT2D eigenvalue weighted by molar-refractivity contribution is -0.149. The minimum atomic E-state index is -0.757. The van der Waals surface area contributed by atoms with Gasteiger partial charge in [0.2, 0.25) is 5.91 Å². The molecule has 1 fully saturated rings. The van der Waals surface area contributed by atoms with Crippen LogP contribution in [0, 0.1) is 0 Å². The van der Waals surface area contributed by atoms with Gasteiger partial charge in [0.1, 0.15) is 6.04 Å². The zero-order valence-electron chi connectivity index (χ0n) is 16.9. The molecule has 0 aliphatic carbocycles. The van der Waals surface area contributed by atoms with Crippen LogP contribution in [0.2, 0.25) is 0 Å². The van der Waals surface area contributed by atoms with Gasteiger partial charge in [-0.1, -0.05) is 18.9 Å². The molecule has 1 aromatic carbocycles. The van der Waals surface area contributed by atoms with E-state index in [1.807, 2.05) is 18.2 Å². The van der Waals surface area contributed by atoms with Gasteiger partial charge in [-0.15, -0.1) is 0 Å². The first kappa shape index (κ1) is 20.8. The van der Waals surface area contributed by atoms with E-state index in [9.17, 15) is 19.2 Å². The number of fused-ring (bicyclic) bond motifs is 1. The number of aromatic nitrogens is 2. The molecule has 2 aromatic rings. The average Bonchev–Trinajstić information content (AvgIpc) is 2.93. The molecule has 8 heteroatoms. The largest absolute Gasteiger partial charge is 0.481 e. The zero-order chi connectivity index (χ0) is 21.1. The van der Waals surface area contributed by atoms with Gasteiger partial charge in [-0.05, 0) is 43.4 Å². The summed E-state index contributed by atoms with van der Waals surface area (Å²) < 4.78 is 3.06. The quantitative estimate of drug-likeness (QED) is 0.540. The Balaban J connectivity index is 1.76. The number of aliphatic carboxylic acids is 1. The number of nitrogens with zero attached hydrogens (tertiary/aromatic N) is 3. The van der Waals surface area contributed by atoms with Crippen LogP contribution < -0.4 is 5.69 Å². The number of hydrogen-bond donors (Lipinski definition) is 1. The summed E-state index contributed by atoms with van der Waals surface area (Å²) >= 11 is 0. The number of aryl methyl sites for hydroxylation is 2. The second-order valence-corrected chi connectivity index (χ2v) is 7.69. The standard InChI is InChI=1S/C21H27N3O5/c1-22-17-13-14(7-5-3-4-6-8-19(26)27)9-10-15(17)24(21(22)29)16-11-12-18(25)23(2)20(16)28/h9-10,13,16H,3-8,11-12H2,1-2H3,(H,26,27). The Bertz CT molecular complexity index is 1000. The molecule has 2 heterocycles. The number of imide groups is 1. The summed E-state index contributed by atoms with van der Waals surface area (Å²) in [5, 5.41) is 8.67. The van der Waals surface area contributed by atoms with Crippen molar-refractivity contribution in [1.82, 2.24) is 14.0 Å². The number of likely N-dealkylation sites (tertiary alicyclic amines) is 1. The van der Waals surface area contributed by atoms with Crippen molar-refractivity contribution < 1.29 is 19.5 Å². The number of carboxylic acid groups (broad SMARTS) is 1. The third-order valence-electron chi connectivity index (χ3n) is 5.69. The van der Waals surface area contributed by atoms with Crippen molar-refractivity contribution in [3.8, 4) is 0 Å². The van der Waals surface area contributed by atoms with Gasteiger partial charge in [0.15, 0.2) is 0 Å². The van der Waals surface area contributed by atoms with Gasteiger partial charge < -0.3 is 5.11 Å². The molecule has 1 saturated heterocycles. The van der Waals surface area contributed by atoms with Crippen LogP contribution in [-0.4, -0.2) is 44.0 Å². The monoisotopic (exact) mass is 401 g/mol. The van der Waals surface area contributed by atoms with E-state index in [4.69, 9.17) is 5.11 Å². The Kier molecular flexibility index (Phi) is 6.20. The Morgan fingerprint density at radius 2 is 1.79 bits per heavy atom. The molecule has 8 nitrogen and oxygen atoms in total. The van der Waals surface area contributed by atoms with Crippen LogP contribution in [0.25, 0.3) is 11.0 Å². The Morgan fingerprint density at radius 3 is 2.52 bits per heavy atom. The van der Waals surface area contributed by atoms with Crippen molar-refractivity contribution in [3.63, 3.8) is 0 Å². The second-order valence-electron chi connectivity index (χ2n) is 7.69. The molecule has 0 radical (unpaired) electrons. The van der Waals surface area contributed by atoms with Gasteiger partial charge >= 0.3 is 11.7 Å². The Hall–Kier alpha value is -2.90. The van der Waals surface area contributed by atoms with Crippen molar-refractivity contribution >= 4 is 28.8 Å². The number of carbonyl (C=O) groups is 3. The van der Waals surface area contributed by atoms with E-state index in [1.54, 1.807) is 11.6 Å². The Labute approximate surface area is 168 Å². The molecule has 29 heavy (non-hydrogen) atoms. The maximum absolute atomic E-state index is 12.8. The van der Waals surface area contributed by atoms with E-state index < -0.39 is 12.0 Å². The molecule has 0 saturated carbocycles. The predicted molar refractivity (Wildman–Crippen MR) is 108 cm³/mol. The molecular weight excluding hydrogens is 374 g/mol. The normalized spacial score (nSPS) is 17.3. The number of hydrogen-bond acceptors (Lipinski definition) is 4. The maximum atomic E-state index is 12.8.